The largest absolute Gasteiger partial charge is 0.496 e. The smallest absolute Gasteiger partial charge is 0.340 e. The van der Waals surface area contributed by atoms with Crippen molar-refractivity contribution in [2.45, 2.75) is 33.0 Å². The second kappa shape index (κ2) is 3.94. The molecule has 3 nitrogen and oxygen atoms in total. The molecular weight excluding hydrogens is 224 g/mol. The first kappa shape index (κ1) is 11.2. The maximum Gasteiger partial charge on any atom is 0.340 e. The van der Waals surface area contributed by atoms with Crippen LogP contribution in [-0.4, -0.2) is 11.6 Å². The summed E-state index contributed by atoms with van der Waals surface area (Å²) < 4.78 is 10.5. The molecular formula is C12H14O3S. The molecule has 0 aliphatic carbocycles. The molecule has 0 fully saturated rings. The van der Waals surface area contributed by atoms with E-state index in [0.717, 1.165) is 10.4 Å². The fourth-order valence-corrected chi connectivity index (χ4v) is 2.36. The van der Waals surface area contributed by atoms with Gasteiger partial charge in [0.25, 0.3) is 0 Å². The summed E-state index contributed by atoms with van der Waals surface area (Å²) >= 11 is 1.53. The zero-order valence-electron chi connectivity index (χ0n) is 9.57. The summed E-state index contributed by atoms with van der Waals surface area (Å²) in [5.74, 6) is -0.267. The molecule has 4 heteroatoms. The summed E-state index contributed by atoms with van der Waals surface area (Å²) in [5, 5.41) is 1.83. The van der Waals surface area contributed by atoms with Crippen molar-refractivity contribution in [1.82, 2.24) is 0 Å². The van der Waals surface area contributed by atoms with Crippen molar-refractivity contribution in [3.63, 3.8) is 0 Å². The number of carbonyl (C=O) groups excluding carboxylic acids is 1. The lowest BCUT2D eigenvalue weighted by Gasteiger charge is -2.19. The molecule has 2 heterocycles. The minimum Gasteiger partial charge on any atom is -0.496 e. The molecule has 0 unspecified atom stereocenters. The molecule has 2 rings (SSSR count). The van der Waals surface area contributed by atoms with Gasteiger partial charge in [0.2, 0.25) is 0 Å². The van der Waals surface area contributed by atoms with Crippen molar-refractivity contribution in [3.05, 3.63) is 27.6 Å². The maximum atomic E-state index is 11.9. The van der Waals surface area contributed by atoms with Gasteiger partial charge in [0.1, 0.15) is 12.2 Å². The van der Waals surface area contributed by atoms with Gasteiger partial charge in [-0.2, -0.15) is 0 Å². The SMILES string of the molecule is CC(C)(C)OC(=O)c1csc2c1C=COC2. The van der Waals surface area contributed by atoms with Crippen LogP contribution in [0.15, 0.2) is 11.6 Å². The summed E-state index contributed by atoms with van der Waals surface area (Å²) in [5.41, 5.74) is 1.11. The van der Waals surface area contributed by atoms with Crippen molar-refractivity contribution < 1.29 is 14.3 Å². The van der Waals surface area contributed by atoms with Crippen molar-refractivity contribution in [3.8, 4) is 0 Å². The van der Waals surface area contributed by atoms with Crippen LogP contribution in [0.1, 0.15) is 41.6 Å². The highest BCUT2D eigenvalue weighted by Gasteiger charge is 2.23. The van der Waals surface area contributed by atoms with E-state index in [1.54, 1.807) is 6.26 Å². The molecule has 0 bridgehead atoms. The first-order valence-corrected chi connectivity index (χ1v) is 5.97. The fourth-order valence-electron chi connectivity index (χ4n) is 1.43. The Bertz CT molecular complexity index is 438. The van der Waals surface area contributed by atoms with Gasteiger partial charge in [0.05, 0.1) is 16.7 Å². The molecule has 1 aliphatic rings. The number of fused-ring (bicyclic) bond motifs is 1. The molecule has 86 valence electrons. The molecule has 1 aromatic rings. The normalized spacial score (nSPS) is 14.2. The highest BCUT2D eigenvalue weighted by atomic mass is 32.1. The van der Waals surface area contributed by atoms with Crippen LogP contribution in [0.4, 0.5) is 0 Å². The van der Waals surface area contributed by atoms with E-state index in [4.69, 9.17) is 9.47 Å². The van der Waals surface area contributed by atoms with Gasteiger partial charge in [0, 0.05) is 10.9 Å². The predicted molar refractivity (Wildman–Crippen MR) is 63.3 cm³/mol. The third-order valence-electron chi connectivity index (χ3n) is 2.07. The number of thiophene rings is 1. The zero-order valence-corrected chi connectivity index (χ0v) is 10.4. The Labute approximate surface area is 98.7 Å². The van der Waals surface area contributed by atoms with Gasteiger partial charge in [-0.05, 0) is 26.8 Å². The Morgan fingerprint density at radius 2 is 2.25 bits per heavy atom. The maximum absolute atomic E-state index is 11.9. The third kappa shape index (κ3) is 2.27. The highest BCUT2D eigenvalue weighted by molar-refractivity contribution is 7.10. The average molecular weight is 238 g/mol. The number of carbonyl (C=O) groups is 1. The number of ether oxygens (including phenoxy) is 2. The Hall–Kier alpha value is -1.29. The number of esters is 1. The van der Waals surface area contributed by atoms with Gasteiger partial charge < -0.3 is 9.47 Å². The highest BCUT2D eigenvalue weighted by Crippen LogP contribution is 2.29. The predicted octanol–water partition coefficient (Wildman–Crippen LogP) is 3.20. The molecule has 1 aromatic heterocycles. The first-order chi connectivity index (χ1) is 7.47. The number of hydrogen-bond donors (Lipinski definition) is 0. The second-order valence-corrected chi connectivity index (χ2v) is 5.57. The van der Waals surface area contributed by atoms with Crippen molar-refractivity contribution >= 4 is 23.4 Å². The molecule has 0 spiro atoms. The van der Waals surface area contributed by atoms with Gasteiger partial charge in [0.15, 0.2) is 0 Å². The monoisotopic (exact) mass is 238 g/mol. The lowest BCUT2D eigenvalue weighted by Crippen LogP contribution is -2.24. The third-order valence-corrected chi connectivity index (χ3v) is 3.05. The lowest BCUT2D eigenvalue weighted by molar-refractivity contribution is 0.00697. The molecule has 16 heavy (non-hydrogen) atoms. The minimum absolute atomic E-state index is 0.267. The van der Waals surface area contributed by atoms with Crippen LogP contribution >= 0.6 is 11.3 Å². The topological polar surface area (TPSA) is 35.5 Å². The van der Waals surface area contributed by atoms with Gasteiger partial charge >= 0.3 is 5.97 Å². The average Bonchev–Trinajstić information content (AvgIpc) is 2.58. The van der Waals surface area contributed by atoms with E-state index < -0.39 is 5.60 Å². The summed E-state index contributed by atoms with van der Waals surface area (Å²) in [6.45, 7) is 6.13. The Kier molecular flexibility index (Phi) is 2.76. The first-order valence-electron chi connectivity index (χ1n) is 5.09. The van der Waals surface area contributed by atoms with Gasteiger partial charge in [-0.25, -0.2) is 4.79 Å². The summed E-state index contributed by atoms with van der Waals surface area (Å²) in [4.78, 5) is 13.0. The van der Waals surface area contributed by atoms with E-state index in [1.807, 2.05) is 32.2 Å². The van der Waals surface area contributed by atoms with Gasteiger partial charge in [-0.1, -0.05) is 0 Å². The van der Waals surface area contributed by atoms with E-state index in [2.05, 4.69) is 0 Å². The van der Waals surface area contributed by atoms with Crippen LogP contribution in [-0.2, 0) is 16.1 Å². The van der Waals surface area contributed by atoms with E-state index in [0.29, 0.717) is 12.2 Å². The van der Waals surface area contributed by atoms with E-state index in [9.17, 15) is 4.79 Å². The molecule has 1 aliphatic heterocycles. The summed E-state index contributed by atoms with van der Waals surface area (Å²) in [6.07, 6.45) is 3.43. The number of rotatable bonds is 1. The molecule has 0 atom stereocenters. The fraction of sp³-hybridized carbons (Fsp3) is 0.417. The Morgan fingerprint density at radius 3 is 2.94 bits per heavy atom. The van der Waals surface area contributed by atoms with Crippen LogP contribution in [0.2, 0.25) is 0 Å². The van der Waals surface area contributed by atoms with Crippen LogP contribution in [0, 0.1) is 0 Å². The molecule has 0 saturated carbocycles. The van der Waals surface area contributed by atoms with Crippen LogP contribution in [0.3, 0.4) is 0 Å². The summed E-state index contributed by atoms with van der Waals surface area (Å²) in [7, 11) is 0. The zero-order chi connectivity index (χ0) is 11.8. The Balaban J connectivity index is 2.26. The molecule has 0 amide bonds. The van der Waals surface area contributed by atoms with E-state index >= 15 is 0 Å². The molecule has 0 saturated heterocycles. The van der Waals surface area contributed by atoms with Crippen molar-refractivity contribution in [1.29, 1.82) is 0 Å². The standard InChI is InChI=1S/C12H14O3S/c1-12(2,3)15-11(13)9-7-16-10-6-14-5-4-8(9)10/h4-5,7H,6H2,1-3H3. The molecule has 0 N–H and O–H groups in total. The van der Waals surface area contributed by atoms with Crippen molar-refractivity contribution in [2.24, 2.45) is 0 Å². The molecule has 0 aromatic carbocycles. The lowest BCUT2D eigenvalue weighted by atomic mass is 10.1. The second-order valence-electron chi connectivity index (χ2n) is 4.60. The molecule has 0 radical (unpaired) electrons. The van der Waals surface area contributed by atoms with Gasteiger partial charge in [-0.15, -0.1) is 11.3 Å². The minimum atomic E-state index is -0.458. The van der Waals surface area contributed by atoms with Crippen molar-refractivity contribution in [2.75, 3.05) is 0 Å². The van der Waals surface area contributed by atoms with E-state index in [1.165, 1.54) is 11.3 Å². The van der Waals surface area contributed by atoms with Crippen LogP contribution < -0.4 is 0 Å². The van der Waals surface area contributed by atoms with Crippen LogP contribution in [0.25, 0.3) is 6.08 Å². The Morgan fingerprint density at radius 1 is 1.50 bits per heavy atom. The number of hydrogen-bond acceptors (Lipinski definition) is 4. The van der Waals surface area contributed by atoms with Crippen LogP contribution in [0.5, 0.6) is 0 Å². The summed E-state index contributed by atoms with van der Waals surface area (Å²) in [6, 6.07) is 0. The van der Waals surface area contributed by atoms with E-state index in [-0.39, 0.29) is 5.97 Å². The quantitative estimate of drug-likeness (QED) is 0.705. The van der Waals surface area contributed by atoms with Gasteiger partial charge in [-0.3, -0.25) is 0 Å².